The SMILES string of the molecule is CC(=O)c1ccc2c(C3CCCCC3)c3n(c2c1)CC(S(=O)(=O)Oc1ccccc1)=Cc1ccccc1-3. The van der Waals surface area contributed by atoms with Crippen LogP contribution in [0.2, 0.25) is 0 Å². The number of fused-ring (bicyclic) bond motifs is 5. The maximum atomic E-state index is 13.6. The molecule has 0 saturated heterocycles. The molecule has 2 aliphatic rings. The standard InChI is InChI=1S/C31H29NO4S/c1-21(33)23-16-17-28-29(19-23)32-20-26(37(34,35)36-25-13-6-3-7-14-25)18-24-12-8-9-15-27(24)31(32)30(28)22-10-4-2-5-11-22/h3,6-9,12-19,22H,2,4-5,10-11,20H2,1H3. The highest BCUT2D eigenvalue weighted by atomic mass is 32.2. The fourth-order valence-electron chi connectivity index (χ4n) is 5.88. The van der Waals surface area contributed by atoms with Gasteiger partial charge in [0.05, 0.1) is 12.2 Å². The van der Waals surface area contributed by atoms with E-state index in [2.05, 4.69) is 16.7 Å². The number of allylic oxidation sites excluding steroid dienone is 1. The molecule has 1 fully saturated rings. The molecular formula is C31H29NO4S. The second kappa shape index (κ2) is 9.34. The Bertz CT molecular complexity index is 1640. The fraction of sp³-hybridized carbons (Fsp3) is 0.258. The number of carbonyl (C=O) groups excluding carboxylic acids is 1. The predicted molar refractivity (Wildman–Crippen MR) is 147 cm³/mol. The Morgan fingerprint density at radius 1 is 0.919 bits per heavy atom. The van der Waals surface area contributed by atoms with E-state index in [1.54, 1.807) is 37.3 Å². The van der Waals surface area contributed by atoms with Gasteiger partial charge in [0.25, 0.3) is 0 Å². The first-order valence-electron chi connectivity index (χ1n) is 12.9. The van der Waals surface area contributed by atoms with Crippen molar-refractivity contribution in [2.24, 2.45) is 0 Å². The van der Waals surface area contributed by atoms with E-state index >= 15 is 0 Å². The van der Waals surface area contributed by atoms with Gasteiger partial charge in [-0.15, -0.1) is 0 Å². The van der Waals surface area contributed by atoms with Crippen LogP contribution in [-0.2, 0) is 16.7 Å². The van der Waals surface area contributed by atoms with Crippen molar-refractivity contribution in [2.45, 2.75) is 51.5 Å². The lowest BCUT2D eigenvalue weighted by molar-refractivity contribution is 0.101. The second-order valence-electron chi connectivity index (χ2n) is 10.0. The molecule has 1 aromatic heterocycles. The zero-order valence-electron chi connectivity index (χ0n) is 20.8. The molecule has 0 bridgehead atoms. The van der Waals surface area contributed by atoms with E-state index in [1.807, 2.05) is 36.4 Å². The van der Waals surface area contributed by atoms with E-state index in [-0.39, 0.29) is 23.0 Å². The van der Waals surface area contributed by atoms with Crippen LogP contribution in [0.5, 0.6) is 5.75 Å². The van der Waals surface area contributed by atoms with Gasteiger partial charge in [-0.05, 0) is 61.1 Å². The van der Waals surface area contributed by atoms with Gasteiger partial charge in [0.2, 0.25) is 0 Å². The lowest BCUT2D eigenvalue weighted by Gasteiger charge is -2.24. The minimum Gasteiger partial charge on any atom is -0.379 e. The van der Waals surface area contributed by atoms with E-state index in [9.17, 15) is 13.2 Å². The number of carbonyl (C=O) groups is 1. The number of para-hydroxylation sites is 1. The summed E-state index contributed by atoms with van der Waals surface area (Å²) < 4.78 is 34.8. The zero-order valence-corrected chi connectivity index (χ0v) is 21.6. The predicted octanol–water partition coefficient (Wildman–Crippen LogP) is 7.32. The van der Waals surface area contributed by atoms with Crippen molar-refractivity contribution in [3.8, 4) is 17.0 Å². The molecule has 0 unspecified atom stereocenters. The Labute approximate surface area is 217 Å². The van der Waals surface area contributed by atoms with E-state index in [1.165, 1.54) is 24.8 Å². The summed E-state index contributed by atoms with van der Waals surface area (Å²) in [6.07, 6.45) is 7.58. The van der Waals surface area contributed by atoms with Crippen LogP contribution in [0, 0.1) is 0 Å². The molecule has 6 rings (SSSR count). The first-order valence-corrected chi connectivity index (χ1v) is 14.3. The van der Waals surface area contributed by atoms with Crippen LogP contribution in [0.25, 0.3) is 28.2 Å². The van der Waals surface area contributed by atoms with Crippen molar-refractivity contribution < 1.29 is 17.4 Å². The van der Waals surface area contributed by atoms with Gasteiger partial charge >= 0.3 is 10.1 Å². The summed E-state index contributed by atoms with van der Waals surface area (Å²) in [5.41, 5.74) is 5.69. The Morgan fingerprint density at radius 2 is 1.65 bits per heavy atom. The van der Waals surface area contributed by atoms with Crippen molar-refractivity contribution in [1.29, 1.82) is 0 Å². The Balaban J connectivity index is 1.60. The third-order valence-corrected chi connectivity index (χ3v) is 8.94. The van der Waals surface area contributed by atoms with E-state index < -0.39 is 10.1 Å². The van der Waals surface area contributed by atoms with Gasteiger partial charge in [-0.25, -0.2) is 0 Å². The minimum absolute atomic E-state index is 0.0125. The van der Waals surface area contributed by atoms with Gasteiger partial charge in [-0.3, -0.25) is 4.79 Å². The summed E-state index contributed by atoms with van der Waals surface area (Å²) in [5, 5.41) is 1.10. The largest absolute Gasteiger partial charge is 0.379 e. The third-order valence-electron chi connectivity index (χ3n) is 7.64. The molecule has 1 aliphatic heterocycles. The van der Waals surface area contributed by atoms with Crippen molar-refractivity contribution >= 4 is 32.9 Å². The van der Waals surface area contributed by atoms with E-state index in [4.69, 9.17) is 4.18 Å². The highest BCUT2D eigenvalue weighted by Gasteiger charge is 2.32. The lowest BCUT2D eigenvalue weighted by Crippen LogP contribution is -2.16. The maximum Gasteiger partial charge on any atom is 0.337 e. The van der Waals surface area contributed by atoms with E-state index in [0.29, 0.717) is 11.5 Å². The first kappa shape index (κ1) is 23.7. The minimum atomic E-state index is -4.08. The molecule has 0 radical (unpaired) electrons. The van der Waals surface area contributed by atoms with Crippen LogP contribution in [0.15, 0.2) is 77.7 Å². The molecular weight excluding hydrogens is 482 g/mol. The summed E-state index contributed by atoms with van der Waals surface area (Å²) in [4.78, 5) is 12.5. The molecule has 0 amide bonds. The molecule has 0 spiro atoms. The zero-order chi connectivity index (χ0) is 25.6. The topological polar surface area (TPSA) is 65.4 Å². The third kappa shape index (κ3) is 4.29. The van der Waals surface area contributed by atoms with Crippen LogP contribution >= 0.6 is 0 Å². The molecule has 4 aromatic rings. The number of Topliss-reactive ketones (excluding diaryl/α,β-unsaturated/α-hetero) is 1. The normalized spacial score (nSPS) is 16.0. The number of rotatable bonds is 5. The highest BCUT2D eigenvalue weighted by molar-refractivity contribution is 7.91. The summed E-state index contributed by atoms with van der Waals surface area (Å²) in [6.45, 7) is 1.69. The van der Waals surface area contributed by atoms with Crippen LogP contribution < -0.4 is 4.18 Å². The number of nitrogens with zero attached hydrogens (tertiary/aromatic N) is 1. The molecule has 0 N–H and O–H groups in total. The van der Waals surface area contributed by atoms with Gasteiger partial charge in [0, 0.05) is 22.0 Å². The van der Waals surface area contributed by atoms with Gasteiger partial charge in [0.15, 0.2) is 5.78 Å². The van der Waals surface area contributed by atoms with Crippen molar-refractivity contribution in [3.05, 3.63) is 94.4 Å². The molecule has 37 heavy (non-hydrogen) atoms. The maximum absolute atomic E-state index is 13.6. The summed E-state index contributed by atoms with van der Waals surface area (Å²) in [6, 6.07) is 22.4. The Hall–Kier alpha value is -3.64. The molecule has 2 heterocycles. The average molecular weight is 512 g/mol. The number of aromatic nitrogens is 1. The van der Waals surface area contributed by atoms with Gasteiger partial charge in [0.1, 0.15) is 10.7 Å². The number of ketones is 1. The highest BCUT2D eigenvalue weighted by Crippen LogP contribution is 2.46. The molecule has 3 aromatic carbocycles. The molecule has 0 atom stereocenters. The van der Waals surface area contributed by atoms with Crippen LogP contribution in [0.1, 0.15) is 66.4 Å². The Kier molecular flexibility index (Phi) is 6.00. The van der Waals surface area contributed by atoms with E-state index in [0.717, 1.165) is 40.6 Å². The smallest absolute Gasteiger partial charge is 0.337 e. The second-order valence-corrected chi connectivity index (χ2v) is 11.6. The molecule has 188 valence electrons. The van der Waals surface area contributed by atoms with Crippen molar-refractivity contribution in [3.63, 3.8) is 0 Å². The van der Waals surface area contributed by atoms with Crippen LogP contribution in [0.3, 0.4) is 0 Å². The number of hydrogen-bond donors (Lipinski definition) is 0. The average Bonchev–Trinajstić information content (AvgIpc) is 3.11. The first-order chi connectivity index (χ1) is 17.9. The quantitative estimate of drug-likeness (QED) is 0.208. The molecule has 5 nitrogen and oxygen atoms in total. The van der Waals surface area contributed by atoms with Gasteiger partial charge < -0.3 is 8.75 Å². The summed E-state index contributed by atoms with van der Waals surface area (Å²) in [5.74, 6) is 0.657. The van der Waals surface area contributed by atoms with Crippen LogP contribution in [0.4, 0.5) is 0 Å². The molecule has 1 aliphatic carbocycles. The lowest BCUT2D eigenvalue weighted by atomic mass is 9.81. The van der Waals surface area contributed by atoms with Crippen molar-refractivity contribution in [1.82, 2.24) is 4.57 Å². The molecule has 1 saturated carbocycles. The van der Waals surface area contributed by atoms with Crippen LogP contribution in [-0.4, -0.2) is 18.8 Å². The molecule has 6 heteroatoms. The monoisotopic (exact) mass is 511 g/mol. The number of hydrogen-bond acceptors (Lipinski definition) is 4. The van der Waals surface area contributed by atoms with Gasteiger partial charge in [-0.1, -0.05) is 73.9 Å². The summed E-state index contributed by atoms with van der Waals surface area (Å²) in [7, 11) is -4.08. The number of benzene rings is 3. The Morgan fingerprint density at radius 3 is 2.41 bits per heavy atom. The fourth-order valence-corrected chi connectivity index (χ4v) is 6.91. The van der Waals surface area contributed by atoms with Gasteiger partial charge in [-0.2, -0.15) is 8.42 Å². The van der Waals surface area contributed by atoms with Crippen molar-refractivity contribution in [2.75, 3.05) is 0 Å². The summed E-state index contributed by atoms with van der Waals surface area (Å²) >= 11 is 0.